The lowest BCUT2D eigenvalue weighted by molar-refractivity contribution is 0.102. The third-order valence-electron chi connectivity index (χ3n) is 2.64. The molecule has 2 aromatic carbocycles. The maximum atomic E-state index is 12.2. The van der Waals surface area contributed by atoms with Crippen LogP contribution in [0.5, 0.6) is 0 Å². The number of nitrogens with two attached hydrogens (primary N) is 1. The standard InChI is InChI=1S/C14H12Br2N2O/c1-8-5-6-10(15)12(7-8)18-14(19)9-3-2-4-11(17)13(9)16/h2-7H,17H2,1H3,(H,18,19). The second kappa shape index (κ2) is 5.75. The Bertz CT molecular complexity index is 641. The van der Waals surface area contributed by atoms with E-state index in [1.807, 2.05) is 25.1 Å². The molecule has 19 heavy (non-hydrogen) atoms. The Hall–Kier alpha value is -1.33. The van der Waals surface area contributed by atoms with Crippen LogP contribution in [0.1, 0.15) is 15.9 Å². The summed E-state index contributed by atoms with van der Waals surface area (Å²) in [4.78, 5) is 12.2. The Labute approximate surface area is 128 Å². The van der Waals surface area contributed by atoms with Gasteiger partial charge in [-0.1, -0.05) is 12.1 Å². The number of carbonyl (C=O) groups is 1. The summed E-state index contributed by atoms with van der Waals surface area (Å²) >= 11 is 6.74. The van der Waals surface area contributed by atoms with Crippen molar-refractivity contribution < 1.29 is 4.79 Å². The van der Waals surface area contributed by atoms with Gasteiger partial charge in [0.25, 0.3) is 5.91 Å². The van der Waals surface area contributed by atoms with Gasteiger partial charge in [-0.25, -0.2) is 0 Å². The van der Waals surface area contributed by atoms with Crippen molar-refractivity contribution in [2.75, 3.05) is 11.1 Å². The predicted octanol–water partition coefficient (Wildman–Crippen LogP) is 4.35. The van der Waals surface area contributed by atoms with Crippen LogP contribution in [0.15, 0.2) is 45.3 Å². The molecule has 98 valence electrons. The van der Waals surface area contributed by atoms with Gasteiger partial charge in [0, 0.05) is 10.2 Å². The molecular weight excluding hydrogens is 372 g/mol. The molecule has 0 saturated carbocycles. The summed E-state index contributed by atoms with van der Waals surface area (Å²) in [6.45, 7) is 1.97. The summed E-state index contributed by atoms with van der Waals surface area (Å²) in [5.41, 5.74) is 8.63. The molecule has 0 atom stereocenters. The number of nitrogen functional groups attached to an aromatic ring is 1. The van der Waals surface area contributed by atoms with Crippen LogP contribution in [0, 0.1) is 6.92 Å². The number of hydrogen-bond acceptors (Lipinski definition) is 2. The maximum absolute atomic E-state index is 12.2. The molecule has 0 aliphatic heterocycles. The quantitative estimate of drug-likeness (QED) is 0.757. The minimum absolute atomic E-state index is 0.203. The molecule has 3 N–H and O–H groups in total. The Morgan fingerprint density at radius 1 is 1.21 bits per heavy atom. The second-order valence-corrected chi connectivity index (χ2v) is 5.79. The normalized spacial score (nSPS) is 10.3. The van der Waals surface area contributed by atoms with E-state index >= 15 is 0 Å². The molecule has 0 aliphatic carbocycles. The van der Waals surface area contributed by atoms with Gasteiger partial charge in [-0.15, -0.1) is 0 Å². The van der Waals surface area contributed by atoms with Crippen molar-refractivity contribution >= 4 is 49.1 Å². The number of benzene rings is 2. The zero-order chi connectivity index (χ0) is 14.0. The summed E-state index contributed by atoms with van der Waals surface area (Å²) in [5.74, 6) is -0.203. The fraction of sp³-hybridized carbons (Fsp3) is 0.0714. The van der Waals surface area contributed by atoms with Crippen LogP contribution in [-0.4, -0.2) is 5.91 Å². The number of halogens is 2. The number of rotatable bonds is 2. The first kappa shape index (κ1) is 14.1. The SMILES string of the molecule is Cc1ccc(Br)c(NC(=O)c2cccc(N)c2Br)c1. The van der Waals surface area contributed by atoms with Crippen molar-refractivity contribution in [3.05, 3.63) is 56.5 Å². The summed E-state index contributed by atoms with van der Waals surface area (Å²) in [6.07, 6.45) is 0. The number of amides is 1. The van der Waals surface area contributed by atoms with E-state index in [1.165, 1.54) is 0 Å². The minimum Gasteiger partial charge on any atom is -0.398 e. The highest BCUT2D eigenvalue weighted by atomic mass is 79.9. The lowest BCUT2D eigenvalue weighted by Crippen LogP contribution is -2.13. The Morgan fingerprint density at radius 3 is 2.68 bits per heavy atom. The second-order valence-electron chi connectivity index (χ2n) is 4.15. The van der Waals surface area contributed by atoms with Crippen molar-refractivity contribution in [3.8, 4) is 0 Å². The lowest BCUT2D eigenvalue weighted by atomic mass is 10.1. The highest BCUT2D eigenvalue weighted by Crippen LogP contribution is 2.27. The molecule has 0 bridgehead atoms. The average Bonchev–Trinajstić information content (AvgIpc) is 2.37. The van der Waals surface area contributed by atoms with E-state index in [2.05, 4.69) is 37.2 Å². The Balaban J connectivity index is 2.31. The zero-order valence-corrected chi connectivity index (χ0v) is 13.4. The van der Waals surface area contributed by atoms with Crippen molar-refractivity contribution in [1.82, 2.24) is 0 Å². The van der Waals surface area contributed by atoms with Gasteiger partial charge in [0.05, 0.1) is 15.7 Å². The lowest BCUT2D eigenvalue weighted by Gasteiger charge is -2.10. The molecule has 2 rings (SSSR count). The first-order chi connectivity index (χ1) is 8.99. The van der Waals surface area contributed by atoms with Gasteiger partial charge in [-0.05, 0) is 68.6 Å². The first-order valence-corrected chi connectivity index (χ1v) is 7.19. The van der Waals surface area contributed by atoms with Gasteiger partial charge in [0.1, 0.15) is 0 Å². The smallest absolute Gasteiger partial charge is 0.256 e. The summed E-state index contributed by atoms with van der Waals surface area (Å²) in [7, 11) is 0. The van der Waals surface area contributed by atoms with Gasteiger partial charge in [0.2, 0.25) is 0 Å². The average molecular weight is 384 g/mol. The van der Waals surface area contributed by atoms with E-state index in [9.17, 15) is 4.79 Å². The van der Waals surface area contributed by atoms with Gasteiger partial charge in [-0.2, -0.15) is 0 Å². The molecule has 0 fully saturated rings. The highest BCUT2D eigenvalue weighted by molar-refractivity contribution is 9.11. The Morgan fingerprint density at radius 2 is 1.95 bits per heavy atom. The Kier molecular flexibility index (Phi) is 4.27. The summed E-state index contributed by atoms with van der Waals surface area (Å²) in [5, 5.41) is 2.86. The van der Waals surface area contributed by atoms with Crippen molar-refractivity contribution in [3.63, 3.8) is 0 Å². The van der Waals surface area contributed by atoms with E-state index in [0.29, 0.717) is 15.7 Å². The minimum atomic E-state index is -0.203. The molecule has 0 unspecified atom stereocenters. The van der Waals surface area contributed by atoms with Crippen LogP contribution >= 0.6 is 31.9 Å². The summed E-state index contributed by atoms with van der Waals surface area (Å²) < 4.78 is 1.45. The van der Waals surface area contributed by atoms with Crippen LogP contribution in [0.25, 0.3) is 0 Å². The van der Waals surface area contributed by atoms with Crippen LogP contribution in [0.4, 0.5) is 11.4 Å². The molecule has 5 heteroatoms. The molecule has 0 aromatic heterocycles. The first-order valence-electron chi connectivity index (χ1n) is 5.60. The highest BCUT2D eigenvalue weighted by Gasteiger charge is 2.13. The molecule has 3 nitrogen and oxygen atoms in total. The third-order valence-corrected chi connectivity index (χ3v) is 4.22. The van der Waals surface area contributed by atoms with E-state index < -0.39 is 0 Å². The number of carbonyl (C=O) groups excluding carboxylic acids is 1. The van der Waals surface area contributed by atoms with E-state index in [1.54, 1.807) is 18.2 Å². The molecule has 0 spiro atoms. The number of nitrogens with one attached hydrogen (secondary N) is 1. The topological polar surface area (TPSA) is 55.1 Å². The van der Waals surface area contributed by atoms with Gasteiger partial charge >= 0.3 is 0 Å². The molecule has 2 aromatic rings. The number of anilines is 2. The maximum Gasteiger partial charge on any atom is 0.256 e. The van der Waals surface area contributed by atoms with Crippen molar-refractivity contribution in [1.29, 1.82) is 0 Å². The van der Waals surface area contributed by atoms with E-state index in [0.717, 1.165) is 15.7 Å². The van der Waals surface area contributed by atoms with E-state index in [-0.39, 0.29) is 5.91 Å². The molecule has 0 saturated heterocycles. The van der Waals surface area contributed by atoms with Crippen molar-refractivity contribution in [2.45, 2.75) is 6.92 Å². The fourth-order valence-electron chi connectivity index (χ4n) is 1.65. The summed E-state index contributed by atoms with van der Waals surface area (Å²) in [6, 6.07) is 11.0. The molecule has 0 aliphatic rings. The molecule has 0 heterocycles. The van der Waals surface area contributed by atoms with Crippen LogP contribution in [0.2, 0.25) is 0 Å². The van der Waals surface area contributed by atoms with Crippen LogP contribution in [0.3, 0.4) is 0 Å². The number of hydrogen-bond donors (Lipinski definition) is 2. The molecule has 1 amide bonds. The van der Waals surface area contributed by atoms with Crippen molar-refractivity contribution in [2.24, 2.45) is 0 Å². The molecule has 0 radical (unpaired) electrons. The van der Waals surface area contributed by atoms with Gasteiger partial charge in [0.15, 0.2) is 0 Å². The zero-order valence-electron chi connectivity index (χ0n) is 10.2. The third kappa shape index (κ3) is 3.16. The van der Waals surface area contributed by atoms with Crippen LogP contribution in [-0.2, 0) is 0 Å². The number of aryl methyl sites for hydroxylation is 1. The largest absolute Gasteiger partial charge is 0.398 e. The predicted molar refractivity (Wildman–Crippen MR) is 85.4 cm³/mol. The van der Waals surface area contributed by atoms with Crippen LogP contribution < -0.4 is 11.1 Å². The monoisotopic (exact) mass is 382 g/mol. The van der Waals surface area contributed by atoms with Gasteiger partial charge in [-0.3, -0.25) is 4.79 Å². The van der Waals surface area contributed by atoms with E-state index in [4.69, 9.17) is 5.73 Å². The molecular formula is C14H12Br2N2O. The fourth-order valence-corrected chi connectivity index (χ4v) is 2.44. The van der Waals surface area contributed by atoms with Gasteiger partial charge < -0.3 is 11.1 Å².